The molecule has 0 aromatic rings. The van der Waals surface area contributed by atoms with E-state index in [-0.39, 0.29) is 5.54 Å². The Balaban J connectivity index is 1.91. The van der Waals surface area contributed by atoms with E-state index in [2.05, 4.69) is 35.1 Å². The molecule has 2 fully saturated rings. The standard InChI is InChI=1S/C13H22BrNO/c1-9-3-5-13(8-14,6-4-9)15-12(16)11-7-10(11)2/h9-11H,3-8H2,1-2H3,(H,15,16). The highest BCUT2D eigenvalue weighted by atomic mass is 79.9. The van der Waals surface area contributed by atoms with Crippen LogP contribution in [-0.2, 0) is 4.79 Å². The topological polar surface area (TPSA) is 29.1 Å². The molecule has 2 nitrogen and oxygen atoms in total. The maximum Gasteiger partial charge on any atom is 0.223 e. The number of carbonyl (C=O) groups excluding carboxylic acids is 1. The van der Waals surface area contributed by atoms with Gasteiger partial charge in [0.05, 0.1) is 0 Å². The third kappa shape index (κ3) is 2.61. The Morgan fingerprint density at radius 2 is 1.94 bits per heavy atom. The van der Waals surface area contributed by atoms with Crippen molar-refractivity contribution in [1.82, 2.24) is 5.32 Å². The van der Waals surface area contributed by atoms with E-state index in [9.17, 15) is 4.79 Å². The summed E-state index contributed by atoms with van der Waals surface area (Å²) in [5.74, 6) is 2.02. The van der Waals surface area contributed by atoms with Crippen molar-refractivity contribution in [2.24, 2.45) is 17.8 Å². The molecule has 2 atom stereocenters. The monoisotopic (exact) mass is 287 g/mol. The molecule has 16 heavy (non-hydrogen) atoms. The molecular formula is C13H22BrNO. The minimum atomic E-state index is 0.0475. The molecule has 0 aliphatic heterocycles. The van der Waals surface area contributed by atoms with Gasteiger partial charge in [-0.2, -0.15) is 0 Å². The van der Waals surface area contributed by atoms with Gasteiger partial charge in [-0.1, -0.05) is 29.8 Å². The molecule has 2 rings (SSSR count). The highest BCUT2D eigenvalue weighted by Crippen LogP contribution is 2.40. The Morgan fingerprint density at radius 3 is 2.38 bits per heavy atom. The van der Waals surface area contributed by atoms with Gasteiger partial charge in [0.2, 0.25) is 5.91 Å². The fourth-order valence-electron chi connectivity index (χ4n) is 2.65. The van der Waals surface area contributed by atoms with E-state index in [1.165, 1.54) is 12.8 Å². The largest absolute Gasteiger partial charge is 0.350 e. The van der Waals surface area contributed by atoms with Crippen molar-refractivity contribution in [3.63, 3.8) is 0 Å². The van der Waals surface area contributed by atoms with Crippen LogP contribution in [0.25, 0.3) is 0 Å². The van der Waals surface area contributed by atoms with Crippen LogP contribution in [0, 0.1) is 17.8 Å². The van der Waals surface area contributed by atoms with Crippen molar-refractivity contribution in [3.8, 4) is 0 Å². The first-order chi connectivity index (χ1) is 7.56. The van der Waals surface area contributed by atoms with Crippen molar-refractivity contribution in [2.45, 2.75) is 51.5 Å². The Labute approximate surface area is 107 Å². The molecule has 2 unspecified atom stereocenters. The van der Waals surface area contributed by atoms with Crippen LogP contribution in [0.15, 0.2) is 0 Å². The lowest BCUT2D eigenvalue weighted by atomic mass is 9.78. The number of nitrogens with one attached hydrogen (secondary N) is 1. The van der Waals surface area contributed by atoms with Crippen LogP contribution in [-0.4, -0.2) is 16.8 Å². The Morgan fingerprint density at radius 1 is 1.38 bits per heavy atom. The van der Waals surface area contributed by atoms with Crippen LogP contribution in [0.4, 0.5) is 0 Å². The van der Waals surface area contributed by atoms with E-state index in [1.807, 2.05) is 0 Å². The van der Waals surface area contributed by atoms with E-state index >= 15 is 0 Å². The molecular weight excluding hydrogens is 266 g/mol. The molecule has 0 heterocycles. The maximum atomic E-state index is 12.0. The van der Waals surface area contributed by atoms with E-state index in [0.717, 1.165) is 30.5 Å². The number of hydrogen-bond acceptors (Lipinski definition) is 1. The molecule has 2 saturated carbocycles. The third-order valence-corrected chi connectivity index (χ3v) is 5.40. The van der Waals surface area contributed by atoms with Crippen molar-refractivity contribution in [3.05, 3.63) is 0 Å². The van der Waals surface area contributed by atoms with Crippen LogP contribution >= 0.6 is 15.9 Å². The van der Waals surface area contributed by atoms with Gasteiger partial charge in [-0.3, -0.25) is 4.79 Å². The van der Waals surface area contributed by atoms with Crippen LogP contribution in [0.1, 0.15) is 46.0 Å². The lowest BCUT2D eigenvalue weighted by molar-refractivity contribution is -0.124. The normalized spacial score (nSPS) is 42.8. The van der Waals surface area contributed by atoms with E-state index in [0.29, 0.717) is 17.7 Å². The first-order valence-corrected chi connectivity index (χ1v) is 7.56. The summed E-state index contributed by atoms with van der Waals surface area (Å²) in [7, 11) is 0. The van der Waals surface area contributed by atoms with Gasteiger partial charge in [0.25, 0.3) is 0 Å². The first-order valence-electron chi connectivity index (χ1n) is 6.44. The van der Waals surface area contributed by atoms with Gasteiger partial charge in [-0.05, 0) is 43.9 Å². The van der Waals surface area contributed by atoms with Gasteiger partial charge in [0.1, 0.15) is 0 Å². The minimum absolute atomic E-state index is 0.0475. The van der Waals surface area contributed by atoms with Crippen LogP contribution < -0.4 is 5.32 Å². The lowest BCUT2D eigenvalue weighted by Gasteiger charge is -2.39. The number of carbonyl (C=O) groups is 1. The molecule has 0 radical (unpaired) electrons. The van der Waals surface area contributed by atoms with E-state index in [1.54, 1.807) is 0 Å². The predicted octanol–water partition coefficient (Wildman–Crippen LogP) is 3.10. The molecule has 0 aromatic carbocycles. The second-order valence-corrected chi connectivity index (χ2v) is 6.47. The summed E-state index contributed by atoms with van der Waals surface area (Å²) >= 11 is 3.59. The summed E-state index contributed by atoms with van der Waals surface area (Å²) in [6, 6.07) is 0. The average Bonchev–Trinajstić information content (AvgIpc) is 3.00. The highest BCUT2D eigenvalue weighted by Gasteiger charge is 2.43. The molecule has 1 amide bonds. The summed E-state index contributed by atoms with van der Waals surface area (Å²) in [4.78, 5) is 12.0. The molecule has 1 N–H and O–H groups in total. The maximum absolute atomic E-state index is 12.0. The quantitative estimate of drug-likeness (QED) is 0.794. The second kappa shape index (κ2) is 4.67. The zero-order valence-electron chi connectivity index (χ0n) is 10.3. The fourth-order valence-corrected chi connectivity index (χ4v) is 3.35. The SMILES string of the molecule is CC1CCC(CBr)(NC(=O)C2CC2C)CC1. The van der Waals surface area contributed by atoms with Gasteiger partial charge < -0.3 is 5.32 Å². The van der Waals surface area contributed by atoms with E-state index < -0.39 is 0 Å². The van der Waals surface area contributed by atoms with Gasteiger partial charge in [0, 0.05) is 16.8 Å². The summed E-state index contributed by atoms with van der Waals surface area (Å²) in [5, 5.41) is 4.21. The van der Waals surface area contributed by atoms with Crippen molar-refractivity contribution < 1.29 is 4.79 Å². The van der Waals surface area contributed by atoms with Crippen molar-refractivity contribution in [2.75, 3.05) is 5.33 Å². The summed E-state index contributed by atoms with van der Waals surface area (Å²) in [5.41, 5.74) is 0.0475. The second-order valence-electron chi connectivity index (χ2n) is 5.91. The predicted molar refractivity (Wildman–Crippen MR) is 69.6 cm³/mol. The molecule has 2 aliphatic carbocycles. The smallest absolute Gasteiger partial charge is 0.223 e. The van der Waals surface area contributed by atoms with Crippen LogP contribution in [0.2, 0.25) is 0 Å². The zero-order valence-corrected chi connectivity index (χ0v) is 11.8. The van der Waals surface area contributed by atoms with E-state index in [4.69, 9.17) is 0 Å². The molecule has 0 spiro atoms. The fraction of sp³-hybridized carbons (Fsp3) is 0.923. The number of hydrogen-bond donors (Lipinski definition) is 1. The minimum Gasteiger partial charge on any atom is -0.350 e. The summed E-state index contributed by atoms with van der Waals surface area (Å²) < 4.78 is 0. The Bertz CT molecular complexity index is 271. The number of rotatable bonds is 3. The number of halogens is 1. The molecule has 2 aliphatic rings. The highest BCUT2D eigenvalue weighted by molar-refractivity contribution is 9.09. The lowest BCUT2D eigenvalue weighted by Crippen LogP contribution is -2.52. The molecule has 0 aromatic heterocycles. The van der Waals surface area contributed by atoms with Crippen molar-refractivity contribution >= 4 is 21.8 Å². The molecule has 0 bridgehead atoms. The van der Waals surface area contributed by atoms with Gasteiger partial charge in [0.15, 0.2) is 0 Å². The molecule has 92 valence electrons. The third-order valence-electron chi connectivity index (χ3n) is 4.32. The van der Waals surface area contributed by atoms with Crippen LogP contribution in [0.3, 0.4) is 0 Å². The Hall–Kier alpha value is -0.0500. The molecule has 3 heteroatoms. The summed E-state index contributed by atoms with van der Waals surface area (Å²) in [6.07, 6.45) is 5.83. The van der Waals surface area contributed by atoms with Gasteiger partial charge >= 0.3 is 0 Å². The number of amides is 1. The van der Waals surface area contributed by atoms with Crippen molar-refractivity contribution in [1.29, 1.82) is 0 Å². The zero-order chi connectivity index (χ0) is 11.8. The first kappa shape index (κ1) is 12.4. The molecule has 0 saturated heterocycles. The summed E-state index contributed by atoms with van der Waals surface area (Å²) in [6.45, 7) is 4.47. The van der Waals surface area contributed by atoms with Gasteiger partial charge in [-0.25, -0.2) is 0 Å². The number of alkyl halides is 1. The van der Waals surface area contributed by atoms with Gasteiger partial charge in [-0.15, -0.1) is 0 Å². The van der Waals surface area contributed by atoms with Crippen LogP contribution in [0.5, 0.6) is 0 Å². The Kier molecular flexibility index (Phi) is 3.62. The average molecular weight is 288 g/mol.